The van der Waals surface area contributed by atoms with Crippen molar-refractivity contribution < 1.29 is 16.8 Å². The molecule has 8 aromatic rings. The molecule has 14 nitrogen and oxygen atoms in total. The number of fused-ring (bicyclic) bond motifs is 2. The summed E-state index contributed by atoms with van der Waals surface area (Å²) in [4.78, 5) is 10.3. The first kappa shape index (κ1) is 37.5. The quantitative estimate of drug-likeness (QED) is 0.145. The number of nitrogens with zero attached hydrogens (tertiary/aromatic N) is 7. The lowest BCUT2D eigenvalue weighted by Crippen LogP contribution is -2.22. The summed E-state index contributed by atoms with van der Waals surface area (Å²) < 4.78 is 59.9. The topological polar surface area (TPSA) is 181 Å². The molecule has 8 rings (SSSR count). The second-order valence-electron chi connectivity index (χ2n) is 15.7. The second-order valence-corrected chi connectivity index (χ2v) is 19.1. The fourth-order valence-corrected chi connectivity index (χ4v) is 8.58. The van der Waals surface area contributed by atoms with E-state index >= 15 is 0 Å². The zero-order valence-electron chi connectivity index (χ0n) is 32.0. The fourth-order valence-electron chi connectivity index (χ4n) is 6.43. The number of hydrogen-bond acceptors (Lipinski definition) is 9. The van der Waals surface area contributed by atoms with Gasteiger partial charge in [-0.3, -0.25) is 14.5 Å². The van der Waals surface area contributed by atoms with Crippen LogP contribution in [-0.2, 0) is 30.9 Å². The number of nitrogens with one attached hydrogen (secondary N) is 3. The third-order valence-corrected chi connectivity index (χ3v) is 12.1. The first-order valence-corrected chi connectivity index (χ1v) is 21.1. The van der Waals surface area contributed by atoms with Gasteiger partial charge in [0.25, 0.3) is 20.0 Å². The molecule has 0 amide bonds. The van der Waals surface area contributed by atoms with E-state index in [1.54, 1.807) is 102 Å². The maximum Gasteiger partial charge on any atom is 0.261 e. The maximum absolute atomic E-state index is 12.9. The molecule has 0 spiro atoms. The van der Waals surface area contributed by atoms with Crippen molar-refractivity contribution in [1.29, 1.82) is 0 Å². The molecule has 0 fully saturated rings. The average Bonchev–Trinajstić information content (AvgIpc) is 3.94. The van der Waals surface area contributed by atoms with Gasteiger partial charge >= 0.3 is 0 Å². The van der Waals surface area contributed by atoms with Crippen LogP contribution in [0.2, 0.25) is 0 Å². The lowest BCUT2D eigenvalue weighted by molar-refractivity contribution is 0.553. The minimum absolute atomic E-state index is 0.172. The van der Waals surface area contributed by atoms with E-state index in [0.717, 1.165) is 22.2 Å². The molecule has 16 heteroatoms. The largest absolute Gasteiger partial charge is 0.280 e. The average molecular weight is 801 g/mol. The van der Waals surface area contributed by atoms with Gasteiger partial charge in [-0.15, -0.1) is 14.8 Å². The minimum atomic E-state index is -3.75. The lowest BCUT2D eigenvalue weighted by atomic mass is 9.88. The fraction of sp³-hybridized carbons (Fsp3) is 0.195. The van der Waals surface area contributed by atoms with Crippen molar-refractivity contribution in [2.24, 2.45) is 0 Å². The standard InChI is InChI=1S/C41H40N10O4S2/c1-40(2,3)34-32(38-42-36(46-50(38)44-34)26-17-21-28(22-18-26)48-56(52,53)30-13-9-7-10-14-30)25-33-35(41(4,5)6)45-51-39(33)43-37(47-51)27-19-23-29(24-20-27)49-57(54,55)31-15-11-8-12-16-31/h7-25,44,48-49H,1-6H3. The molecule has 0 saturated carbocycles. The van der Waals surface area contributed by atoms with Crippen molar-refractivity contribution in [3.63, 3.8) is 0 Å². The molecular formula is C41H40N10O4S2. The number of aromatic amines is 1. The predicted octanol–water partition coefficient (Wildman–Crippen LogP) is 6.57. The number of sulfonamides is 2. The van der Waals surface area contributed by atoms with E-state index in [1.165, 1.54) is 16.8 Å². The van der Waals surface area contributed by atoms with Gasteiger partial charge in [-0.2, -0.15) is 9.73 Å². The van der Waals surface area contributed by atoms with Crippen LogP contribution in [0.15, 0.2) is 119 Å². The van der Waals surface area contributed by atoms with Crippen molar-refractivity contribution in [2.75, 3.05) is 9.44 Å². The number of anilines is 2. The Kier molecular flexibility index (Phi) is 9.00. The number of rotatable bonds is 9. The van der Waals surface area contributed by atoms with Crippen LogP contribution in [0.5, 0.6) is 0 Å². The van der Waals surface area contributed by atoms with Crippen LogP contribution in [0.3, 0.4) is 0 Å². The van der Waals surface area contributed by atoms with Crippen LogP contribution >= 0.6 is 0 Å². The molecule has 4 aromatic carbocycles. The van der Waals surface area contributed by atoms with Crippen molar-refractivity contribution >= 4 is 48.8 Å². The van der Waals surface area contributed by atoms with Crippen molar-refractivity contribution in [1.82, 2.24) is 39.6 Å². The Morgan fingerprint density at radius 3 is 1.53 bits per heavy atom. The Balaban J connectivity index is 1.16. The number of H-pyrrole nitrogens is 1. The van der Waals surface area contributed by atoms with Crippen LogP contribution in [0.25, 0.3) is 40.1 Å². The summed E-state index contributed by atoms with van der Waals surface area (Å²) in [7, 11) is -7.49. The summed E-state index contributed by atoms with van der Waals surface area (Å²) in [6.45, 7) is 12.6. The van der Waals surface area contributed by atoms with Gasteiger partial charge in [0.05, 0.1) is 21.2 Å². The summed E-state index contributed by atoms with van der Waals surface area (Å²) in [6.07, 6.45) is 2.04. The van der Waals surface area contributed by atoms with E-state index in [-0.39, 0.29) is 20.6 Å². The van der Waals surface area contributed by atoms with Gasteiger partial charge in [-0.05, 0) is 78.9 Å². The van der Waals surface area contributed by atoms with Crippen LogP contribution in [0, 0.1) is 0 Å². The van der Waals surface area contributed by atoms with E-state index in [0.29, 0.717) is 45.4 Å². The molecule has 4 heterocycles. The highest BCUT2D eigenvalue weighted by Crippen LogP contribution is 2.31. The van der Waals surface area contributed by atoms with Crippen LogP contribution in [-0.4, -0.2) is 56.5 Å². The minimum Gasteiger partial charge on any atom is -0.280 e. The van der Waals surface area contributed by atoms with E-state index in [2.05, 4.69) is 56.1 Å². The Hall–Kier alpha value is -6.39. The Morgan fingerprint density at radius 2 is 1.05 bits per heavy atom. The first-order valence-electron chi connectivity index (χ1n) is 18.1. The first-order chi connectivity index (χ1) is 27.0. The molecule has 0 aliphatic rings. The van der Waals surface area contributed by atoms with Gasteiger partial charge < -0.3 is 0 Å². The second kappa shape index (κ2) is 13.7. The summed E-state index contributed by atoms with van der Waals surface area (Å²) >= 11 is 0. The van der Waals surface area contributed by atoms with Crippen molar-refractivity contribution in [3.05, 3.63) is 131 Å². The summed E-state index contributed by atoms with van der Waals surface area (Å²) in [6, 6.07) is 30.2. The molecule has 0 aliphatic carbocycles. The smallest absolute Gasteiger partial charge is 0.261 e. The maximum atomic E-state index is 12.9. The van der Waals surface area contributed by atoms with Crippen molar-refractivity contribution in [3.8, 4) is 22.8 Å². The monoisotopic (exact) mass is 800 g/mol. The molecular weight excluding hydrogens is 761 g/mol. The number of aromatic nitrogens is 8. The van der Waals surface area contributed by atoms with Gasteiger partial charge in [0, 0.05) is 44.1 Å². The Morgan fingerprint density at radius 1 is 0.579 bits per heavy atom. The molecule has 0 atom stereocenters. The van der Waals surface area contributed by atoms with Gasteiger partial charge in [0.1, 0.15) is 0 Å². The van der Waals surface area contributed by atoms with Crippen LogP contribution < -0.4 is 14.7 Å². The van der Waals surface area contributed by atoms with E-state index < -0.39 is 20.0 Å². The molecule has 0 unspecified atom stereocenters. The van der Waals surface area contributed by atoms with Gasteiger partial charge in [0.15, 0.2) is 22.9 Å². The Labute approximate surface area is 329 Å². The number of benzene rings is 4. The third kappa shape index (κ3) is 7.36. The summed E-state index contributed by atoms with van der Waals surface area (Å²) in [5.74, 6) is 0.884. The van der Waals surface area contributed by atoms with Gasteiger partial charge in [0.2, 0.25) is 0 Å². The zero-order valence-corrected chi connectivity index (χ0v) is 33.7. The molecule has 57 heavy (non-hydrogen) atoms. The van der Waals surface area contributed by atoms with Gasteiger partial charge in [-0.1, -0.05) is 77.9 Å². The van der Waals surface area contributed by atoms with E-state index in [1.807, 2.05) is 6.08 Å². The van der Waals surface area contributed by atoms with Crippen molar-refractivity contribution in [2.45, 2.75) is 62.2 Å². The van der Waals surface area contributed by atoms with Crippen LogP contribution in [0.4, 0.5) is 11.4 Å². The summed E-state index contributed by atoms with van der Waals surface area (Å²) in [5.41, 5.74) is 5.17. The van der Waals surface area contributed by atoms with E-state index in [9.17, 15) is 16.8 Å². The molecule has 0 bridgehead atoms. The predicted molar refractivity (Wildman–Crippen MR) is 220 cm³/mol. The highest BCUT2D eigenvalue weighted by molar-refractivity contribution is 7.93. The lowest BCUT2D eigenvalue weighted by Gasteiger charge is -2.18. The molecule has 0 aliphatic heterocycles. The molecule has 4 aromatic heterocycles. The highest BCUT2D eigenvalue weighted by Gasteiger charge is 2.28. The summed E-state index contributed by atoms with van der Waals surface area (Å²) in [5, 5.41) is 18.6. The molecule has 0 radical (unpaired) electrons. The SMILES string of the molecule is CC(C)(C)c1[nH]n2nc(-c3ccc(NS(=O)(=O)c4ccccc4)cc3)nc2c1C=c1c(C(C)(C)C)nn2nc(-c3ccc(NS(=O)(=O)c4ccccc4)cc3)nc12. The molecule has 0 saturated heterocycles. The van der Waals surface area contributed by atoms with Crippen LogP contribution in [0.1, 0.15) is 58.5 Å². The third-order valence-electron chi connectivity index (χ3n) is 9.26. The van der Waals surface area contributed by atoms with Gasteiger partial charge in [-0.25, -0.2) is 26.8 Å². The highest BCUT2D eigenvalue weighted by atomic mass is 32.2. The molecule has 3 N–H and O–H groups in total. The zero-order chi connectivity index (χ0) is 40.3. The molecule has 290 valence electrons. The Bertz CT molecular complexity index is 3040. The normalized spacial score (nSPS) is 13.1. The van der Waals surface area contributed by atoms with E-state index in [4.69, 9.17) is 25.3 Å². The number of hydrogen-bond donors (Lipinski definition) is 3.